The molecule has 2 nitrogen and oxygen atoms in total. The standard InChI is InChI=1S/C13H23NO/c1-10(2)9-12(15)14-8-6-11-5-4-7-13(11,14)3/h10-11H,4-9H2,1-3H3/t11-,13-/m0/s1. The molecule has 1 aliphatic carbocycles. The van der Waals surface area contributed by atoms with Crippen LogP contribution >= 0.6 is 0 Å². The highest BCUT2D eigenvalue weighted by atomic mass is 16.2. The Balaban J connectivity index is 2.07. The van der Waals surface area contributed by atoms with E-state index in [1.165, 1.54) is 25.7 Å². The molecule has 2 heteroatoms. The van der Waals surface area contributed by atoms with E-state index in [1.807, 2.05) is 0 Å². The molecule has 2 atom stereocenters. The van der Waals surface area contributed by atoms with Gasteiger partial charge in [0, 0.05) is 18.5 Å². The van der Waals surface area contributed by atoms with Crippen molar-refractivity contribution in [3.8, 4) is 0 Å². The van der Waals surface area contributed by atoms with Crippen LogP contribution in [0.15, 0.2) is 0 Å². The van der Waals surface area contributed by atoms with Crippen molar-refractivity contribution in [3.05, 3.63) is 0 Å². The number of carbonyl (C=O) groups is 1. The molecule has 0 radical (unpaired) electrons. The van der Waals surface area contributed by atoms with Gasteiger partial charge in [0.15, 0.2) is 0 Å². The van der Waals surface area contributed by atoms with Crippen LogP contribution in [0.25, 0.3) is 0 Å². The zero-order chi connectivity index (χ0) is 11.1. The first-order valence-corrected chi connectivity index (χ1v) is 6.34. The fraction of sp³-hybridized carbons (Fsp3) is 0.923. The Morgan fingerprint density at radius 2 is 2.20 bits per heavy atom. The molecule has 2 rings (SSSR count). The molecule has 86 valence electrons. The second-order valence-corrected chi connectivity index (χ2v) is 5.88. The van der Waals surface area contributed by atoms with Gasteiger partial charge in [-0.15, -0.1) is 0 Å². The molecule has 1 saturated carbocycles. The van der Waals surface area contributed by atoms with E-state index in [4.69, 9.17) is 0 Å². The minimum Gasteiger partial charge on any atom is -0.337 e. The summed E-state index contributed by atoms with van der Waals surface area (Å²) in [6.45, 7) is 7.56. The van der Waals surface area contributed by atoms with Crippen molar-refractivity contribution in [1.29, 1.82) is 0 Å². The minimum absolute atomic E-state index is 0.214. The van der Waals surface area contributed by atoms with Crippen LogP contribution in [0.1, 0.15) is 52.9 Å². The van der Waals surface area contributed by atoms with Crippen molar-refractivity contribution in [3.63, 3.8) is 0 Å². The van der Waals surface area contributed by atoms with Crippen LogP contribution in [0.4, 0.5) is 0 Å². The van der Waals surface area contributed by atoms with Crippen molar-refractivity contribution < 1.29 is 4.79 Å². The lowest BCUT2D eigenvalue weighted by Gasteiger charge is -2.35. The second kappa shape index (κ2) is 3.80. The summed E-state index contributed by atoms with van der Waals surface area (Å²) in [7, 11) is 0. The smallest absolute Gasteiger partial charge is 0.223 e. The predicted octanol–water partition coefficient (Wildman–Crippen LogP) is 2.82. The summed E-state index contributed by atoms with van der Waals surface area (Å²) in [5.74, 6) is 1.66. The summed E-state index contributed by atoms with van der Waals surface area (Å²) in [6, 6.07) is 0. The maximum absolute atomic E-state index is 12.1. The molecule has 0 N–H and O–H groups in total. The molecule has 0 unspecified atom stereocenters. The lowest BCUT2D eigenvalue weighted by atomic mass is 9.90. The van der Waals surface area contributed by atoms with Gasteiger partial charge in [-0.25, -0.2) is 0 Å². The van der Waals surface area contributed by atoms with Crippen molar-refractivity contribution in [2.24, 2.45) is 11.8 Å². The fourth-order valence-corrected chi connectivity index (χ4v) is 3.44. The highest BCUT2D eigenvalue weighted by Gasteiger charge is 2.49. The van der Waals surface area contributed by atoms with Gasteiger partial charge >= 0.3 is 0 Å². The third-order valence-electron chi connectivity index (χ3n) is 4.32. The molecule has 0 spiro atoms. The van der Waals surface area contributed by atoms with Gasteiger partial charge in [-0.1, -0.05) is 20.3 Å². The highest BCUT2D eigenvalue weighted by molar-refractivity contribution is 5.77. The van der Waals surface area contributed by atoms with Crippen molar-refractivity contribution in [1.82, 2.24) is 4.90 Å². The second-order valence-electron chi connectivity index (χ2n) is 5.88. The molecule has 2 fully saturated rings. The third-order valence-corrected chi connectivity index (χ3v) is 4.32. The van der Waals surface area contributed by atoms with Crippen LogP contribution in [-0.4, -0.2) is 22.9 Å². The van der Waals surface area contributed by atoms with Crippen LogP contribution < -0.4 is 0 Å². The lowest BCUT2D eigenvalue weighted by Crippen LogP contribution is -2.46. The predicted molar refractivity (Wildman–Crippen MR) is 61.5 cm³/mol. The minimum atomic E-state index is 0.214. The first kappa shape index (κ1) is 11.0. The number of likely N-dealkylation sites (tertiary alicyclic amines) is 1. The zero-order valence-corrected chi connectivity index (χ0v) is 10.3. The molecule has 0 bridgehead atoms. The SMILES string of the molecule is CC(C)CC(=O)N1CC[C@@H]2CCC[C@@]21C. The Hall–Kier alpha value is -0.530. The van der Waals surface area contributed by atoms with E-state index in [-0.39, 0.29) is 5.54 Å². The van der Waals surface area contributed by atoms with Crippen LogP contribution in [0, 0.1) is 11.8 Å². The van der Waals surface area contributed by atoms with Gasteiger partial charge in [-0.2, -0.15) is 0 Å². The maximum atomic E-state index is 12.1. The number of hydrogen-bond donors (Lipinski definition) is 0. The number of amides is 1. The quantitative estimate of drug-likeness (QED) is 0.685. The number of hydrogen-bond acceptors (Lipinski definition) is 1. The fourth-order valence-electron chi connectivity index (χ4n) is 3.44. The molecular weight excluding hydrogens is 186 g/mol. The largest absolute Gasteiger partial charge is 0.337 e. The molecule has 0 aromatic carbocycles. The molecule has 15 heavy (non-hydrogen) atoms. The number of nitrogens with zero attached hydrogens (tertiary/aromatic N) is 1. The molecular formula is C13H23NO. The van der Waals surface area contributed by atoms with Crippen LogP contribution in [0.2, 0.25) is 0 Å². The van der Waals surface area contributed by atoms with E-state index >= 15 is 0 Å². The summed E-state index contributed by atoms with van der Waals surface area (Å²) in [5, 5.41) is 0. The Bertz CT molecular complexity index is 261. The summed E-state index contributed by atoms with van der Waals surface area (Å²) in [6.07, 6.45) is 5.83. The van der Waals surface area contributed by atoms with Crippen molar-refractivity contribution >= 4 is 5.91 Å². The molecule has 1 aliphatic heterocycles. The third kappa shape index (κ3) is 1.79. The van der Waals surface area contributed by atoms with Gasteiger partial charge in [0.2, 0.25) is 5.91 Å². The van der Waals surface area contributed by atoms with Gasteiger partial charge in [-0.3, -0.25) is 4.79 Å². The van der Waals surface area contributed by atoms with Crippen molar-refractivity contribution in [2.45, 2.75) is 58.4 Å². The van der Waals surface area contributed by atoms with E-state index in [2.05, 4.69) is 25.7 Å². The molecule has 2 aliphatic rings. The van der Waals surface area contributed by atoms with E-state index in [9.17, 15) is 4.79 Å². The topological polar surface area (TPSA) is 20.3 Å². The van der Waals surface area contributed by atoms with Crippen LogP contribution in [0.5, 0.6) is 0 Å². The average Bonchev–Trinajstić information content (AvgIpc) is 2.58. The van der Waals surface area contributed by atoms with E-state index < -0.39 is 0 Å². The number of fused-ring (bicyclic) bond motifs is 1. The summed E-state index contributed by atoms with van der Waals surface area (Å²) in [5.41, 5.74) is 0.214. The van der Waals surface area contributed by atoms with Gasteiger partial charge in [0.05, 0.1) is 0 Å². The normalized spacial score (nSPS) is 34.9. The average molecular weight is 209 g/mol. The Kier molecular flexibility index (Phi) is 2.78. The number of carbonyl (C=O) groups excluding carboxylic acids is 1. The van der Waals surface area contributed by atoms with E-state index in [1.54, 1.807) is 0 Å². The van der Waals surface area contributed by atoms with Crippen LogP contribution in [0.3, 0.4) is 0 Å². The molecule has 1 saturated heterocycles. The summed E-state index contributed by atoms with van der Waals surface area (Å²) < 4.78 is 0. The molecule has 0 aromatic heterocycles. The molecule has 1 heterocycles. The van der Waals surface area contributed by atoms with Gasteiger partial charge in [0.1, 0.15) is 0 Å². The maximum Gasteiger partial charge on any atom is 0.223 e. The molecule has 1 amide bonds. The Labute approximate surface area is 93.0 Å². The van der Waals surface area contributed by atoms with Gasteiger partial charge < -0.3 is 4.90 Å². The monoisotopic (exact) mass is 209 g/mol. The highest BCUT2D eigenvalue weighted by Crippen LogP contribution is 2.47. The first-order chi connectivity index (χ1) is 7.04. The first-order valence-electron chi connectivity index (χ1n) is 6.34. The number of rotatable bonds is 2. The molecule has 0 aromatic rings. The Morgan fingerprint density at radius 1 is 1.47 bits per heavy atom. The van der Waals surface area contributed by atoms with Crippen molar-refractivity contribution in [2.75, 3.05) is 6.54 Å². The Morgan fingerprint density at radius 3 is 2.87 bits per heavy atom. The van der Waals surface area contributed by atoms with Gasteiger partial charge in [-0.05, 0) is 38.0 Å². The van der Waals surface area contributed by atoms with E-state index in [0.29, 0.717) is 11.8 Å². The lowest BCUT2D eigenvalue weighted by molar-refractivity contribution is -0.136. The zero-order valence-electron chi connectivity index (χ0n) is 10.3. The summed E-state index contributed by atoms with van der Waals surface area (Å²) in [4.78, 5) is 14.3. The van der Waals surface area contributed by atoms with Crippen LogP contribution in [-0.2, 0) is 4.79 Å². The van der Waals surface area contributed by atoms with Gasteiger partial charge in [0.25, 0.3) is 0 Å². The summed E-state index contributed by atoms with van der Waals surface area (Å²) >= 11 is 0. The van der Waals surface area contributed by atoms with E-state index in [0.717, 1.165) is 18.9 Å².